The van der Waals surface area contributed by atoms with Crippen LogP contribution in [0, 0.1) is 0 Å². The van der Waals surface area contributed by atoms with E-state index in [1.54, 1.807) is 7.11 Å². The molecule has 2 N–H and O–H groups in total. The van der Waals surface area contributed by atoms with Crippen LogP contribution in [0.25, 0.3) is 0 Å². The summed E-state index contributed by atoms with van der Waals surface area (Å²) in [4.78, 5) is 2.61. The summed E-state index contributed by atoms with van der Waals surface area (Å²) in [5, 5.41) is 0. The highest BCUT2D eigenvalue weighted by Crippen LogP contribution is 2.35. The van der Waals surface area contributed by atoms with E-state index in [-0.39, 0.29) is 0 Å². The predicted molar refractivity (Wildman–Crippen MR) is 99.3 cm³/mol. The lowest BCUT2D eigenvalue weighted by atomic mass is 9.84. The van der Waals surface area contributed by atoms with Crippen LogP contribution >= 0.6 is 0 Å². The van der Waals surface area contributed by atoms with Gasteiger partial charge in [0.1, 0.15) is 5.75 Å². The molecule has 3 heteroatoms. The molecule has 1 fully saturated rings. The Kier molecular flexibility index (Phi) is 5.89. The first-order valence-corrected chi connectivity index (χ1v) is 8.94. The second kappa shape index (κ2) is 8.32. The molecule has 0 spiro atoms. The Morgan fingerprint density at radius 3 is 2.58 bits per heavy atom. The molecule has 0 aromatic heterocycles. The van der Waals surface area contributed by atoms with Gasteiger partial charge in [0.25, 0.3) is 0 Å². The largest absolute Gasteiger partial charge is 0.496 e. The summed E-state index contributed by atoms with van der Waals surface area (Å²) < 4.78 is 5.60. The highest BCUT2D eigenvalue weighted by Gasteiger charge is 2.31. The van der Waals surface area contributed by atoms with Gasteiger partial charge in [-0.15, -0.1) is 0 Å². The number of ether oxygens (including phenoxy) is 1. The molecule has 1 aliphatic rings. The van der Waals surface area contributed by atoms with Crippen molar-refractivity contribution in [3.05, 3.63) is 65.7 Å². The maximum absolute atomic E-state index is 6.23. The van der Waals surface area contributed by atoms with E-state index in [9.17, 15) is 0 Å². The summed E-state index contributed by atoms with van der Waals surface area (Å²) in [5.41, 5.74) is 8.85. The van der Waals surface area contributed by atoms with Crippen molar-refractivity contribution in [1.82, 2.24) is 4.90 Å². The van der Waals surface area contributed by atoms with Crippen LogP contribution in [0.1, 0.15) is 36.3 Å². The van der Waals surface area contributed by atoms with Crippen molar-refractivity contribution in [3.8, 4) is 5.75 Å². The summed E-state index contributed by atoms with van der Waals surface area (Å²) >= 11 is 0. The highest BCUT2D eigenvalue weighted by molar-refractivity contribution is 5.37. The Morgan fingerprint density at radius 2 is 1.83 bits per heavy atom. The monoisotopic (exact) mass is 324 g/mol. The summed E-state index contributed by atoms with van der Waals surface area (Å²) in [6, 6.07) is 19.6. The number of para-hydroxylation sites is 1. The van der Waals surface area contributed by atoms with Crippen molar-refractivity contribution in [2.24, 2.45) is 5.73 Å². The molecule has 3 rings (SSSR count). The van der Waals surface area contributed by atoms with Crippen LogP contribution < -0.4 is 10.5 Å². The lowest BCUT2D eigenvalue weighted by molar-refractivity contribution is 0.118. The normalized spacial score (nSPS) is 19.8. The quantitative estimate of drug-likeness (QED) is 0.878. The summed E-state index contributed by atoms with van der Waals surface area (Å²) in [7, 11) is 1.75. The SMILES string of the molecule is COc1ccccc1C(CN)C1CCCCN1Cc1ccccc1. The first-order valence-electron chi connectivity index (χ1n) is 8.94. The average Bonchev–Trinajstić information content (AvgIpc) is 2.65. The van der Waals surface area contributed by atoms with E-state index in [0.29, 0.717) is 18.5 Å². The fourth-order valence-electron chi connectivity index (χ4n) is 3.95. The first kappa shape index (κ1) is 17.0. The van der Waals surface area contributed by atoms with Gasteiger partial charge in [0, 0.05) is 30.6 Å². The topological polar surface area (TPSA) is 38.5 Å². The number of benzene rings is 2. The molecule has 24 heavy (non-hydrogen) atoms. The molecular formula is C21H28N2O. The Morgan fingerprint density at radius 1 is 1.08 bits per heavy atom. The molecule has 3 nitrogen and oxygen atoms in total. The number of nitrogens with two attached hydrogens (primary N) is 1. The maximum atomic E-state index is 6.23. The average molecular weight is 324 g/mol. The van der Waals surface area contributed by atoms with Crippen molar-refractivity contribution in [2.75, 3.05) is 20.2 Å². The van der Waals surface area contributed by atoms with Gasteiger partial charge in [-0.05, 0) is 31.0 Å². The van der Waals surface area contributed by atoms with Crippen LogP contribution in [0.3, 0.4) is 0 Å². The molecule has 1 saturated heterocycles. The zero-order valence-corrected chi connectivity index (χ0v) is 14.5. The Bertz CT molecular complexity index is 629. The van der Waals surface area contributed by atoms with Gasteiger partial charge in [0.15, 0.2) is 0 Å². The molecule has 0 aliphatic carbocycles. The third-order valence-electron chi connectivity index (χ3n) is 5.15. The van der Waals surface area contributed by atoms with Crippen molar-refractivity contribution in [3.63, 3.8) is 0 Å². The van der Waals surface area contributed by atoms with Crippen molar-refractivity contribution in [1.29, 1.82) is 0 Å². The first-order chi connectivity index (χ1) is 11.8. The summed E-state index contributed by atoms with van der Waals surface area (Å²) in [6.45, 7) is 2.79. The van der Waals surface area contributed by atoms with Gasteiger partial charge in [-0.1, -0.05) is 55.0 Å². The minimum absolute atomic E-state index is 0.310. The molecule has 0 amide bonds. The third-order valence-corrected chi connectivity index (χ3v) is 5.15. The van der Waals surface area contributed by atoms with Crippen LogP contribution in [-0.4, -0.2) is 31.1 Å². The van der Waals surface area contributed by atoms with Crippen LogP contribution in [0.15, 0.2) is 54.6 Å². The van der Waals surface area contributed by atoms with Gasteiger partial charge < -0.3 is 10.5 Å². The molecule has 2 aromatic rings. The standard InChI is InChI=1S/C21H28N2O/c1-24-21-13-6-5-11-18(21)19(15-22)20-12-7-8-14-23(20)16-17-9-3-2-4-10-17/h2-6,9-11,13,19-20H,7-8,12,14-16,22H2,1H3. The number of nitrogens with zero attached hydrogens (tertiary/aromatic N) is 1. The van der Waals surface area contributed by atoms with Crippen molar-refractivity contribution >= 4 is 0 Å². The van der Waals surface area contributed by atoms with Crippen molar-refractivity contribution in [2.45, 2.75) is 37.8 Å². The van der Waals surface area contributed by atoms with Crippen LogP contribution in [0.2, 0.25) is 0 Å². The second-order valence-corrected chi connectivity index (χ2v) is 6.60. The van der Waals surface area contributed by atoms with E-state index < -0.39 is 0 Å². The fourth-order valence-corrected chi connectivity index (χ4v) is 3.95. The molecule has 2 aromatic carbocycles. The zero-order valence-electron chi connectivity index (χ0n) is 14.5. The third kappa shape index (κ3) is 3.80. The molecule has 1 heterocycles. The van der Waals surface area contributed by atoms with Gasteiger partial charge in [-0.3, -0.25) is 4.90 Å². The highest BCUT2D eigenvalue weighted by atomic mass is 16.5. The fraction of sp³-hybridized carbons (Fsp3) is 0.429. The number of piperidine rings is 1. The van der Waals surface area contributed by atoms with Crippen LogP contribution in [-0.2, 0) is 6.54 Å². The molecule has 0 radical (unpaired) electrons. The van der Waals surface area contributed by atoms with E-state index in [1.807, 2.05) is 12.1 Å². The number of hydrogen-bond donors (Lipinski definition) is 1. The Balaban J connectivity index is 1.85. The van der Waals surface area contributed by atoms with E-state index in [0.717, 1.165) is 18.8 Å². The van der Waals surface area contributed by atoms with Gasteiger partial charge in [0.05, 0.1) is 7.11 Å². The maximum Gasteiger partial charge on any atom is 0.122 e. The van der Waals surface area contributed by atoms with Gasteiger partial charge >= 0.3 is 0 Å². The smallest absolute Gasteiger partial charge is 0.122 e. The number of rotatable bonds is 6. The van der Waals surface area contributed by atoms with Crippen LogP contribution in [0.5, 0.6) is 5.75 Å². The molecule has 2 unspecified atom stereocenters. The second-order valence-electron chi connectivity index (χ2n) is 6.60. The summed E-state index contributed by atoms with van der Waals surface area (Å²) in [6.07, 6.45) is 3.75. The van der Waals surface area contributed by atoms with E-state index in [2.05, 4.69) is 47.4 Å². The zero-order chi connectivity index (χ0) is 16.8. The predicted octanol–water partition coefficient (Wildman–Crippen LogP) is 3.79. The molecule has 2 atom stereocenters. The summed E-state index contributed by atoms with van der Waals surface area (Å²) in [5.74, 6) is 1.27. The number of hydrogen-bond acceptors (Lipinski definition) is 3. The lowest BCUT2D eigenvalue weighted by Crippen LogP contribution is -2.44. The molecule has 0 bridgehead atoms. The number of likely N-dealkylation sites (tertiary alicyclic amines) is 1. The van der Waals surface area contributed by atoms with Crippen LogP contribution in [0.4, 0.5) is 0 Å². The van der Waals surface area contributed by atoms with Gasteiger partial charge in [0.2, 0.25) is 0 Å². The Labute approximate surface area is 145 Å². The van der Waals surface area contributed by atoms with Crippen molar-refractivity contribution < 1.29 is 4.74 Å². The minimum Gasteiger partial charge on any atom is -0.496 e. The number of methoxy groups -OCH3 is 1. The van der Waals surface area contributed by atoms with E-state index in [4.69, 9.17) is 10.5 Å². The molecule has 0 saturated carbocycles. The van der Waals surface area contributed by atoms with Gasteiger partial charge in [-0.25, -0.2) is 0 Å². The molecular weight excluding hydrogens is 296 g/mol. The Hall–Kier alpha value is -1.84. The minimum atomic E-state index is 0.310. The van der Waals surface area contributed by atoms with E-state index >= 15 is 0 Å². The van der Waals surface area contributed by atoms with E-state index in [1.165, 1.54) is 30.4 Å². The lowest BCUT2D eigenvalue weighted by Gasteiger charge is -2.40. The molecule has 1 aliphatic heterocycles. The van der Waals surface area contributed by atoms with Gasteiger partial charge in [-0.2, -0.15) is 0 Å². The molecule has 128 valence electrons.